The summed E-state index contributed by atoms with van der Waals surface area (Å²) in [5, 5.41) is 0. The molecule has 0 radical (unpaired) electrons. The van der Waals surface area contributed by atoms with Crippen molar-refractivity contribution in [2.24, 2.45) is 4.99 Å². The van der Waals surface area contributed by atoms with Crippen molar-refractivity contribution >= 4 is 6.21 Å². The molecule has 2 heteroatoms. The first-order chi connectivity index (χ1) is 6.27. The normalized spacial score (nSPS) is 11.7. The first-order valence-electron chi connectivity index (χ1n) is 5.40. The van der Waals surface area contributed by atoms with Gasteiger partial charge in [0, 0.05) is 6.54 Å². The molecule has 0 heterocycles. The van der Waals surface area contributed by atoms with Crippen molar-refractivity contribution in [1.29, 1.82) is 0 Å². The molecule has 0 rings (SSSR count). The topological polar surface area (TPSA) is 15.6 Å². The predicted octanol–water partition coefficient (Wildman–Crippen LogP) is 2.59. The molecule has 0 aliphatic rings. The van der Waals surface area contributed by atoms with E-state index in [0.29, 0.717) is 0 Å². The Morgan fingerprint density at radius 1 is 1.15 bits per heavy atom. The van der Waals surface area contributed by atoms with Crippen LogP contribution in [0.1, 0.15) is 39.0 Å². The standard InChI is InChI=1S/C11H24N2/c1-4-5-9-12-10-7-6-8-11-13(2)3/h10H,4-9,11H2,1-3H3. The SMILES string of the molecule is CCCCN=CCCCCN(C)C. The van der Waals surface area contributed by atoms with Crippen LogP contribution in [0, 0.1) is 0 Å². The zero-order valence-corrected chi connectivity index (χ0v) is 9.42. The molecule has 13 heavy (non-hydrogen) atoms. The van der Waals surface area contributed by atoms with Gasteiger partial charge in [0.15, 0.2) is 0 Å². The Morgan fingerprint density at radius 2 is 1.92 bits per heavy atom. The summed E-state index contributed by atoms with van der Waals surface area (Å²) >= 11 is 0. The van der Waals surface area contributed by atoms with Gasteiger partial charge in [0.2, 0.25) is 0 Å². The van der Waals surface area contributed by atoms with Crippen LogP contribution in [0.5, 0.6) is 0 Å². The maximum absolute atomic E-state index is 4.34. The van der Waals surface area contributed by atoms with Crippen molar-refractivity contribution in [3.63, 3.8) is 0 Å². The summed E-state index contributed by atoms with van der Waals surface area (Å²) in [5.74, 6) is 0. The van der Waals surface area contributed by atoms with Crippen LogP contribution in [-0.4, -0.2) is 38.3 Å². The Kier molecular flexibility index (Phi) is 9.44. The van der Waals surface area contributed by atoms with Crippen molar-refractivity contribution in [1.82, 2.24) is 4.90 Å². The van der Waals surface area contributed by atoms with Crippen LogP contribution in [0.15, 0.2) is 4.99 Å². The van der Waals surface area contributed by atoms with E-state index in [0.717, 1.165) is 13.0 Å². The Hall–Kier alpha value is -0.370. The van der Waals surface area contributed by atoms with Gasteiger partial charge in [0.1, 0.15) is 0 Å². The van der Waals surface area contributed by atoms with Gasteiger partial charge in [-0.1, -0.05) is 13.3 Å². The molecule has 0 unspecified atom stereocenters. The second-order valence-corrected chi connectivity index (χ2v) is 3.74. The molecule has 0 aliphatic heterocycles. The summed E-state index contributed by atoms with van der Waals surface area (Å²) in [6.07, 6.45) is 8.27. The maximum atomic E-state index is 4.34. The third-order valence-corrected chi connectivity index (χ3v) is 1.96. The first kappa shape index (κ1) is 12.6. The smallest absolute Gasteiger partial charge is 0.0385 e. The van der Waals surface area contributed by atoms with Gasteiger partial charge >= 0.3 is 0 Å². The summed E-state index contributed by atoms with van der Waals surface area (Å²) in [5.41, 5.74) is 0. The highest BCUT2D eigenvalue weighted by Crippen LogP contribution is 1.94. The molecule has 0 saturated heterocycles. The van der Waals surface area contributed by atoms with Gasteiger partial charge in [-0.15, -0.1) is 0 Å². The number of unbranched alkanes of at least 4 members (excludes halogenated alkanes) is 3. The van der Waals surface area contributed by atoms with E-state index in [1.54, 1.807) is 0 Å². The van der Waals surface area contributed by atoms with E-state index in [-0.39, 0.29) is 0 Å². The minimum absolute atomic E-state index is 1.02. The Labute approximate surface area is 83.0 Å². The first-order valence-corrected chi connectivity index (χ1v) is 5.40. The third kappa shape index (κ3) is 11.6. The molecule has 0 aromatic rings. The third-order valence-electron chi connectivity index (χ3n) is 1.96. The lowest BCUT2D eigenvalue weighted by Crippen LogP contribution is -2.12. The summed E-state index contributed by atoms with van der Waals surface area (Å²) in [6, 6.07) is 0. The van der Waals surface area contributed by atoms with Gasteiger partial charge < -0.3 is 4.90 Å². The van der Waals surface area contributed by atoms with Crippen LogP contribution in [0.25, 0.3) is 0 Å². The second-order valence-electron chi connectivity index (χ2n) is 3.74. The predicted molar refractivity (Wildman–Crippen MR) is 60.7 cm³/mol. The summed E-state index contributed by atoms with van der Waals surface area (Å²) in [4.78, 5) is 6.57. The molecule has 0 aliphatic carbocycles. The molecule has 0 spiro atoms. The molecule has 0 N–H and O–H groups in total. The Bertz CT molecular complexity index is 119. The number of nitrogens with zero attached hydrogens (tertiary/aromatic N) is 2. The highest BCUT2D eigenvalue weighted by atomic mass is 15.0. The lowest BCUT2D eigenvalue weighted by molar-refractivity contribution is 0.396. The van der Waals surface area contributed by atoms with Gasteiger partial charge in [-0.2, -0.15) is 0 Å². The maximum Gasteiger partial charge on any atom is 0.0385 e. The molecule has 0 saturated carbocycles. The van der Waals surface area contributed by atoms with E-state index < -0.39 is 0 Å². The fourth-order valence-electron chi connectivity index (χ4n) is 1.10. The largest absolute Gasteiger partial charge is 0.309 e. The number of aliphatic imine (C=N–C) groups is 1. The minimum Gasteiger partial charge on any atom is -0.309 e. The quantitative estimate of drug-likeness (QED) is 0.418. The zero-order chi connectivity index (χ0) is 9.94. The van der Waals surface area contributed by atoms with Gasteiger partial charge in [-0.05, 0) is 52.5 Å². The van der Waals surface area contributed by atoms with E-state index in [1.807, 2.05) is 0 Å². The Balaban J connectivity index is 3.02. The van der Waals surface area contributed by atoms with Gasteiger partial charge in [-0.25, -0.2) is 0 Å². The lowest BCUT2D eigenvalue weighted by atomic mass is 10.2. The number of rotatable bonds is 8. The minimum atomic E-state index is 1.02. The molecule has 0 amide bonds. The molecule has 0 fully saturated rings. The van der Waals surface area contributed by atoms with Crippen molar-refractivity contribution in [2.75, 3.05) is 27.2 Å². The van der Waals surface area contributed by atoms with E-state index in [9.17, 15) is 0 Å². The van der Waals surface area contributed by atoms with Gasteiger partial charge in [-0.3, -0.25) is 4.99 Å². The highest BCUT2D eigenvalue weighted by Gasteiger charge is 1.88. The van der Waals surface area contributed by atoms with Crippen LogP contribution in [0.2, 0.25) is 0 Å². The molecule has 2 nitrogen and oxygen atoms in total. The fraction of sp³-hybridized carbons (Fsp3) is 0.909. The van der Waals surface area contributed by atoms with Crippen molar-refractivity contribution < 1.29 is 0 Å². The van der Waals surface area contributed by atoms with E-state index >= 15 is 0 Å². The van der Waals surface area contributed by atoms with E-state index in [2.05, 4.69) is 37.1 Å². The second kappa shape index (κ2) is 9.72. The zero-order valence-electron chi connectivity index (χ0n) is 9.42. The van der Waals surface area contributed by atoms with Crippen molar-refractivity contribution in [2.45, 2.75) is 39.0 Å². The van der Waals surface area contributed by atoms with Crippen LogP contribution < -0.4 is 0 Å². The van der Waals surface area contributed by atoms with Crippen LogP contribution in [-0.2, 0) is 0 Å². The molecular weight excluding hydrogens is 160 g/mol. The fourth-order valence-corrected chi connectivity index (χ4v) is 1.10. The Morgan fingerprint density at radius 3 is 2.54 bits per heavy atom. The van der Waals surface area contributed by atoms with E-state index in [1.165, 1.54) is 32.2 Å². The monoisotopic (exact) mass is 184 g/mol. The number of hydrogen-bond acceptors (Lipinski definition) is 2. The summed E-state index contributed by atoms with van der Waals surface area (Å²) in [7, 11) is 4.24. The lowest BCUT2D eigenvalue weighted by Gasteiger charge is -2.07. The highest BCUT2D eigenvalue weighted by molar-refractivity contribution is 5.56. The molecule has 0 aromatic carbocycles. The molecule has 0 atom stereocenters. The van der Waals surface area contributed by atoms with Crippen LogP contribution in [0.3, 0.4) is 0 Å². The van der Waals surface area contributed by atoms with Gasteiger partial charge in [0.05, 0.1) is 0 Å². The van der Waals surface area contributed by atoms with Crippen molar-refractivity contribution in [3.05, 3.63) is 0 Å². The van der Waals surface area contributed by atoms with Crippen LogP contribution in [0.4, 0.5) is 0 Å². The molecule has 78 valence electrons. The summed E-state index contributed by atoms with van der Waals surface area (Å²) < 4.78 is 0. The summed E-state index contributed by atoms with van der Waals surface area (Å²) in [6.45, 7) is 4.42. The van der Waals surface area contributed by atoms with Gasteiger partial charge in [0.25, 0.3) is 0 Å². The molecule has 0 bridgehead atoms. The van der Waals surface area contributed by atoms with E-state index in [4.69, 9.17) is 0 Å². The van der Waals surface area contributed by atoms with Crippen LogP contribution >= 0.6 is 0 Å². The average molecular weight is 184 g/mol. The molecule has 0 aromatic heterocycles. The molecular formula is C11H24N2. The number of hydrogen-bond donors (Lipinski definition) is 0. The average Bonchev–Trinajstić information content (AvgIpc) is 2.09. The van der Waals surface area contributed by atoms with Crippen molar-refractivity contribution in [3.8, 4) is 0 Å².